The van der Waals surface area contributed by atoms with Gasteiger partial charge in [-0.05, 0) is 0 Å². The molecule has 0 unspecified atom stereocenters. The average Bonchev–Trinajstić information content (AvgIpc) is 0.918. The Morgan fingerprint density at radius 3 is 1.75 bits per heavy atom. The SMILES string of the molecule is [K].[N-]=[N+]=P. The van der Waals surface area contributed by atoms with Crippen molar-refractivity contribution in [3.63, 3.8) is 0 Å². The van der Waals surface area contributed by atoms with Gasteiger partial charge in [-0.15, -0.1) is 0 Å². The first-order valence-corrected chi connectivity index (χ1v) is 0.871. The fraction of sp³-hybridized carbons (Fsp3) is 0. The van der Waals surface area contributed by atoms with E-state index >= 15 is 0 Å². The number of rotatable bonds is 0. The van der Waals surface area contributed by atoms with Crippen LogP contribution >= 0.6 is 9.03 Å². The minimum Gasteiger partial charge on any atom is -0.360 e. The summed E-state index contributed by atoms with van der Waals surface area (Å²) in [5, 5.41) is 0. The molecule has 0 aliphatic heterocycles. The fourth-order valence-corrected chi connectivity index (χ4v) is 0. The Bertz CT molecular complexity index is 27.0. The first-order chi connectivity index (χ1) is 1.41. The van der Waals surface area contributed by atoms with Gasteiger partial charge < -0.3 is 5.53 Å². The van der Waals surface area contributed by atoms with E-state index in [2.05, 4.69) is 13.6 Å². The summed E-state index contributed by atoms with van der Waals surface area (Å²) in [6, 6.07) is 0. The van der Waals surface area contributed by atoms with Gasteiger partial charge in [0.15, 0.2) is 0 Å². The Morgan fingerprint density at radius 1 is 1.75 bits per heavy atom. The molecule has 0 atom stereocenters. The molecule has 0 bridgehead atoms. The van der Waals surface area contributed by atoms with Gasteiger partial charge in [-0.2, -0.15) is 4.54 Å². The van der Waals surface area contributed by atoms with Crippen LogP contribution in [0, 0.1) is 0 Å². The molecule has 0 saturated carbocycles. The predicted octanol–water partition coefficient (Wildman–Crippen LogP) is 0.0208. The number of nitrogens with zero attached hydrogens (tertiary/aromatic N) is 2. The van der Waals surface area contributed by atoms with Crippen molar-refractivity contribution in [2.45, 2.75) is 0 Å². The fourth-order valence-electron chi connectivity index (χ4n) is 0. The van der Waals surface area contributed by atoms with Crippen LogP contribution in [0.1, 0.15) is 0 Å². The van der Waals surface area contributed by atoms with Gasteiger partial charge in [-0.25, -0.2) is 0 Å². The van der Waals surface area contributed by atoms with Gasteiger partial charge in [-0.3, -0.25) is 0 Å². The maximum atomic E-state index is 7.11. The molecule has 0 fully saturated rings. The molecule has 4 heteroatoms. The molecule has 1 radical (unpaired) electrons. The third-order valence-electron chi connectivity index (χ3n) is 0. The van der Waals surface area contributed by atoms with Gasteiger partial charge in [0.25, 0.3) is 0 Å². The molecule has 0 aliphatic rings. The van der Waals surface area contributed by atoms with E-state index in [9.17, 15) is 0 Å². The van der Waals surface area contributed by atoms with Crippen LogP contribution < -0.4 is 4.54 Å². The number of hydrogen-bond acceptors (Lipinski definition) is 0. The molecule has 17 valence electrons. The Morgan fingerprint density at radius 2 is 1.75 bits per heavy atom. The summed E-state index contributed by atoms with van der Waals surface area (Å²) in [6.07, 6.45) is 0. The summed E-state index contributed by atoms with van der Waals surface area (Å²) >= 11 is 0. The molecule has 0 aromatic rings. The zero-order chi connectivity index (χ0) is 2.71. The summed E-state index contributed by atoms with van der Waals surface area (Å²) in [5.74, 6) is 0. The molecular formula is HKN2P. The standard InChI is InChI=1S/K.HN2P/c;1-2-3/h;3H. The second-order valence-electron chi connectivity index (χ2n) is 0.100. The topological polar surface area (TPSA) is 36.4 Å². The van der Waals surface area contributed by atoms with Gasteiger partial charge in [0.2, 0.25) is 0 Å². The minimum atomic E-state index is 0. The summed E-state index contributed by atoms with van der Waals surface area (Å²) in [5.41, 5.74) is 7.11. The van der Waals surface area contributed by atoms with Crippen molar-refractivity contribution in [3.05, 3.63) is 5.53 Å². The van der Waals surface area contributed by atoms with Crippen LogP contribution in [0.3, 0.4) is 0 Å². The van der Waals surface area contributed by atoms with Crippen LogP contribution in [0.2, 0.25) is 0 Å². The Kier molecular flexibility index (Phi) is 20.0. The third-order valence-corrected chi connectivity index (χ3v) is 0. The molecule has 0 spiro atoms. The van der Waals surface area contributed by atoms with Crippen molar-refractivity contribution in [1.29, 1.82) is 0 Å². The largest absolute Gasteiger partial charge is 0.360 e. The van der Waals surface area contributed by atoms with Crippen molar-refractivity contribution in [1.82, 2.24) is 4.54 Å². The van der Waals surface area contributed by atoms with Crippen molar-refractivity contribution >= 4 is 60.4 Å². The van der Waals surface area contributed by atoms with Crippen LogP contribution in [-0.2, 0) is 0 Å². The van der Waals surface area contributed by atoms with Gasteiger partial charge in [0.05, 0.1) is 0 Å². The zero-order valence-electron chi connectivity index (χ0n) is 2.39. The first kappa shape index (κ1) is 9.07. The molecule has 0 aliphatic carbocycles. The molecule has 0 aromatic carbocycles. The second-order valence-corrected chi connectivity index (χ2v) is 0.300. The molecule has 2 nitrogen and oxygen atoms in total. The molecule has 0 heterocycles. The van der Waals surface area contributed by atoms with E-state index in [1.165, 1.54) is 0 Å². The van der Waals surface area contributed by atoms with Gasteiger partial charge in [0.1, 0.15) is 0 Å². The molecule has 0 rings (SSSR count). The molecular weight excluding hydrogens is 98.1 g/mol. The van der Waals surface area contributed by atoms with Crippen LogP contribution in [0.15, 0.2) is 0 Å². The van der Waals surface area contributed by atoms with E-state index in [4.69, 9.17) is 5.53 Å². The van der Waals surface area contributed by atoms with Crippen LogP contribution in [0.5, 0.6) is 0 Å². The van der Waals surface area contributed by atoms with E-state index in [0.717, 1.165) is 0 Å². The summed E-state index contributed by atoms with van der Waals surface area (Å²) < 4.78 is 2.31. The molecule has 0 amide bonds. The van der Waals surface area contributed by atoms with Crippen LogP contribution in [0.25, 0.3) is 5.53 Å². The van der Waals surface area contributed by atoms with Crippen LogP contribution in [-0.4, -0.2) is 51.4 Å². The maximum Gasteiger partial charge on any atom is 0.331 e. The third kappa shape index (κ3) is 9.86. The zero-order valence-corrected chi connectivity index (χ0v) is 6.52. The molecule has 0 aromatic heterocycles. The summed E-state index contributed by atoms with van der Waals surface area (Å²) in [4.78, 5) is 0. The first-order valence-electron chi connectivity index (χ1n) is 0.424. The predicted molar refractivity (Wildman–Crippen MR) is 19.6 cm³/mol. The van der Waals surface area contributed by atoms with Gasteiger partial charge >= 0.3 is 9.03 Å². The monoisotopic (exact) mass is 99.0 g/mol. The molecule has 0 saturated heterocycles. The van der Waals surface area contributed by atoms with Crippen molar-refractivity contribution < 1.29 is 0 Å². The van der Waals surface area contributed by atoms with E-state index in [1.807, 2.05) is 0 Å². The van der Waals surface area contributed by atoms with Crippen molar-refractivity contribution in [3.8, 4) is 0 Å². The Hall–Kier alpha value is 1.45. The smallest absolute Gasteiger partial charge is 0.331 e. The van der Waals surface area contributed by atoms with Gasteiger partial charge in [-0.1, -0.05) is 0 Å². The normalized spacial score (nSPS) is 2.00. The quantitative estimate of drug-likeness (QED) is 0.178. The summed E-state index contributed by atoms with van der Waals surface area (Å²) in [6.45, 7) is 0. The van der Waals surface area contributed by atoms with E-state index in [0.29, 0.717) is 0 Å². The number of hydrogen-bond donors (Lipinski definition) is 0. The maximum absolute atomic E-state index is 7.11. The summed E-state index contributed by atoms with van der Waals surface area (Å²) in [7, 11) is 2.36. The Labute approximate surface area is 69.2 Å². The van der Waals surface area contributed by atoms with Crippen LogP contribution in [0.4, 0.5) is 0 Å². The Balaban J connectivity index is 0. The van der Waals surface area contributed by atoms with Crippen molar-refractivity contribution in [2.24, 2.45) is 0 Å². The van der Waals surface area contributed by atoms with E-state index < -0.39 is 0 Å². The molecule has 4 heavy (non-hydrogen) atoms. The van der Waals surface area contributed by atoms with E-state index in [1.54, 1.807) is 0 Å². The van der Waals surface area contributed by atoms with Crippen molar-refractivity contribution in [2.75, 3.05) is 0 Å². The van der Waals surface area contributed by atoms with Gasteiger partial charge in [0, 0.05) is 51.4 Å². The average molecular weight is 99.1 g/mol. The van der Waals surface area contributed by atoms with E-state index in [-0.39, 0.29) is 51.4 Å². The minimum absolute atomic E-state index is 0. The second kappa shape index (κ2) is 8.82. The molecule has 0 N–H and O–H groups in total.